The molecule has 0 saturated heterocycles. The van der Waals surface area contributed by atoms with Gasteiger partial charge in [-0.05, 0) is 50.0 Å². The van der Waals surface area contributed by atoms with E-state index in [2.05, 4.69) is 58.4 Å². The third kappa shape index (κ3) is 4.08. The first kappa shape index (κ1) is 15.5. The van der Waals surface area contributed by atoms with E-state index in [1.165, 1.54) is 10.4 Å². The summed E-state index contributed by atoms with van der Waals surface area (Å²) >= 11 is 5.35. The van der Waals surface area contributed by atoms with Crippen LogP contribution in [0.2, 0.25) is 0 Å². The van der Waals surface area contributed by atoms with Crippen molar-refractivity contribution in [2.45, 2.75) is 25.9 Å². The van der Waals surface area contributed by atoms with Crippen LogP contribution in [0.1, 0.15) is 17.4 Å². The third-order valence-corrected chi connectivity index (χ3v) is 4.88. The number of methoxy groups -OCH3 is 1. The molecule has 1 unspecified atom stereocenters. The highest BCUT2D eigenvalue weighted by Gasteiger charge is 2.13. The van der Waals surface area contributed by atoms with Crippen LogP contribution in [0.4, 0.5) is 0 Å². The molecule has 0 N–H and O–H groups in total. The Balaban J connectivity index is 2.03. The molecule has 0 radical (unpaired) electrons. The van der Waals surface area contributed by atoms with Crippen molar-refractivity contribution in [3.8, 4) is 5.75 Å². The van der Waals surface area contributed by atoms with Crippen molar-refractivity contribution in [3.63, 3.8) is 0 Å². The van der Waals surface area contributed by atoms with Crippen LogP contribution in [0.15, 0.2) is 40.2 Å². The number of hydrogen-bond acceptors (Lipinski definition) is 3. The van der Waals surface area contributed by atoms with Crippen molar-refractivity contribution < 1.29 is 4.74 Å². The van der Waals surface area contributed by atoms with E-state index >= 15 is 0 Å². The molecule has 0 aliphatic rings. The molecule has 2 nitrogen and oxygen atoms in total. The predicted molar refractivity (Wildman–Crippen MR) is 89.6 cm³/mol. The molecule has 0 amide bonds. The SMILES string of the molecule is COc1ccc(Br)cc1CN(C)C(C)Cc1cccs1. The largest absolute Gasteiger partial charge is 0.496 e. The molecular weight excluding hydrogens is 334 g/mol. The smallest absolute Gasteiger partial charge is 0.123 e. The highest BCUT2D eigenvalue weighted by Crippen LogP contribution is 2.25. The van der Waals surface area contributed by atoms with Crippen molar-refractivity contribution in [2.75, 3.05) is 14.2 Å². The summed E-state index contributed by atoms with van der Waals surface area (Å²) in [6, 6.07) is 11.0. The zero-order chi connectivity index (χ0) is 14.5. The molecule has 0 aliphatic heterocycles. The number of thiophene rings is 1. The maximum atomic E-state index is 5.44. The molecule has 4 heteroatoms. The predicted octanol–water partition coefficient (Wildman–Crippen LogP) is 4.58. The van der Waals surface area contributed by atoms with Crippen molar-refractivity contribution in [1.82, 2.24) is 4.90 Å². The van der Waals surface area contributed by atoms with E-state index in [0.717, 1.165) is 23.2 Å². The van der Waals surface area contributed by atoms with Gasteiger partial charge >= 0.3 is 0 Å². The molecule has 1 heterocycles. The van der Waals surface area contributed by atoms with Crippen LogP contribution < -0.4 is 4.74 Å². The van der Waals surface area contributed by atoms with E-state index in [1.807, 2.05) is 23.5 Å². The summed E-state index contributed by atoms with van der Waals surface area (Å²) < 4.78 is 6.53. The summed E-state index contributed by atoms with van der Waals surface area (Å²) in [5.74, 6) is 0.948. The standard InChI is InChI=1S/C16H20BrNOS/c1-12(9-15-5-4-8-20-15)18(2)11-13-10-14(17)6-7-16(13)19-3/h4-8,10,12H,9,11H2,1-3H3. The van der Waals surface area contributed by atoms with E-state index < -0.39 is 0 Å². The lowest BCUT2D eigenvalue weighted by Crippen LogP contribution is -2.30. The summed E-state index contributed by atoms with van der Waals surface area (Å²) in [6.45, 7) is 3.15. The van der Waals surface area contributed by atoms with Gasteiger partial charge in [0.1, 0.15) is 5.75 Å². The number of benzene rings is 1. The number of likely N-dealkylation sites (N-methyl/N-ethyl adjacent to an activating group) is 1. The molecule has 108 valence electrons. The number of rotatable bonds is 6. The minimum atomic E-state index is 0.498. The van der Waals surface area contributed by atoms with E-state index in [9.17, 15) is 0 Å². The van der Waals surface area contributed by atoms with Crippen LogP contribution in [0.25, 0.3) is 0 Å². The second-order valence-corrected chi connectivity index (χ2v) is 6.95. The maximum absolute atomic E-state index is 5.44. The first-order chi connectivity index (χ1) is 9.60. The van der Waals surface area contributed by atoms with Gasteiger partial charge in [0.2, 0.25) is 0 Å². The molecular formula is C16H20BrNOS. The fourth-order valence-electron chi connectivity index (χ4n) is 2.17. The first-order valence-electron chi connectivity index (χ1n) is 6.65. The monoisotopic (exact) mass is 353 g/mol. The van der Waals surface area contributed by atoms with Gasteiger partial charge in [0.15, 0.2) is 0 Å². The summed E-state index contributed by atoms with van der Waals surface area (Å²) in [6.07, 6.45) is 1.09. The van der Waals surface area contributed by atoms with Gasteiger partial charge in [-0.1, -0.05) is 22.0 Å². The lowest BCUT2D eigenvalue weighted by molar-refractivity contribution is 0.245. The van der Waals surface area contributed by atoms with E-state index in [0.29, 0.717) is 6.04 Å². The van der Waals surface area contributed by atoms with Gasteiger partial charge in [-0.15, -0.1) is 11.3 Å². The molecule has 2 rings (SSSR count). The van der Waals surface area contributed by atoms with Crippen LogP contribution in [-0.4, -0.2) is 25.1 Å². The maximum Gasteiger partial charge on any atom is 0.123 e. The van der Waals surface area contributed by atoms with Crippen molar-refractivity contribution in [3.05, 3.63) is 50.6 Å². The van der Waals surface area contributed by atoms with Crippen LogP contribution in [-0.2, 0) is 13.0 Å². The second kappa shape index (κ2) is 7.25. The van der Waals surface area contributed by atoms with Gasteiger partial charge in [0, 0.05) is 27.5 Å². The Hall–Kier alpha value is -0.840. The van der Waals surface area contributed by atoms with Crippen molar-refractivity contribution in [1.29, 1.82) is 0 Å². The molecule has 0 fully saturated rings. The van der Waals surface area contributed by atoms with Gasteiger partial charge in [0.05, 0.1) is 7.11 Å². The van der Waals surface area contributed by atoms with Gasteiger partial charge in [-0.2, -0.15) is 0 Å². The zero-order valence-electron chi connectivity index (χ0n) is 12.1. The van der Waals surface area contributed by atoms with E-state index in [1.54, 1.807) is 7.11 Å². The fourth-order valence-corrected chi connectivity index (χ4v) is 3.41. The molecule has 0 bridgehead atoms. The number of nitrogens with zero attached hydrogens (tertiary/aromatic N) is 1. The van der Waals surface area contributed by atoms with Crippen LogP contribution >= 0.6 is 27.3 Å². The number of halogens is 1. The van der Waals surface area contributed by atoms with Crippen LogP contribution in [0.5, 0.6) is 5.75 Å². The van der Waals surface area contributed by atoms with Crippen molar-refractivity contribution in [2.24, 2.45) is 0 Å². The average Bonchev–Trinajstić information content (AvgIpc) is 2.91. The van der Waals surface area contributed by atoms with Gasteiger partial charge in [-0.25, -0.2) is 0 Å². The van der Waals surface area contributed by atoms with Gasteiger partial charge < -0.3 is 4.74 Å². The van der Waals surface area contributed by atoms with Crippen LogP contribution in [0.3, 0.4) is 0 Å². The summed E-state index contributed by atoms with van der Waals surface area (Å²) in [5.41, 5.74) is 1.21. The van der Waals surface area contributed by atoms with Gasteiger partial charge in [0.25, 0.3) is 0 Å². The molecule has 0 saturated carbocycles. The topological polar surface area (TPSA) is 12.5 Å². The second-order valence-electron chi connectivity index (χ2n) is 5.00. The quantitative estimate of drug-likeness (QED) is 0.753. The molecule has 0 aliphatic carbocycles. The van der Waals surface area contributed by atoms with Gasteiger partial charge in [-0.3, -0.25) is 4.90 Å². The normalized spacial score (nSPS) is 12.7. The lowest BCUT2D eigenvalue weighted by Gasteiger charge is -2.25. The van der Waals surface area contributed by atoms with E-state index in [-0.39, 0.29) is 0 Å². The Bertz CT molecular complexity index is 541. The Labute approximate surface area is 133 Å². The molecule has 0 spiro atoms. The highest BCUT2D eigenvalue weighted by atomic mass is 79.9. The Morgan fingerprint density at radius 1 is 1.35 bits per heavy atom. The fraction of sp³-hybridized carbons (Fsp3) is 0.375. The molecule has 1 aromatic heterocycles. The highest BCUT2D eigenvalue weighted by molar-refractivity contribution is 9.10. The minimum absolute atomic E-state index is 0.498. The first-order valence-corrected chi connectivity index (χ1v) is 8.32. The number of hydrogen-bond donors (Lipinski definition) is 0. The molecule has 20 heavy (non-hydrogen) atoms. The van der Waals surface area contributed by atoms with E-state index in [4.69, 9.17) is 4.74 Å². The Morgan fingerprint density at radius 2 is 2.15 bits per heavy atom. The summed E-state index contributed by atoms with van der Waals surface area (Å²) in [7, 11) is 3.89. The molecule has 1 atom stereocenters. The number of ether oxygens (including phenoxy) is 1. The van der Waals surface area contributed by atoms with Crippen molar-refractivity contribution >= 4 is 27.3 Å². The molecule has 1 aromatic carbocycles. The molecule has 2 aromatic rings. The Morgan fingerprint density at radius 3 is 2.80 bits per heavy atom. The summed E-state index contributed by atoms with van der Waals surface area (Å²) in [5, 5.41) is 2.14. The Kier molecular flexibility index (Phi) is 5.64. The zero-order valence-corrected chi connectivity index (χ0v) is 14.5. The summed E-state index contributed by atoms with van der Waals surface area (Å²) in [4.78, 5) is 3.80. The minimum Gasteiger partial charge on any atom is -0.496 e. The average molecular weight is 354 g/mol. The lowest BCUT2D eigenvalue weighted by atomic mass is 10.1. The van der Waals surface area contributed by atoms with Crippen LogP contribution in [0, 0.1) is 0 Å². The third-order valence-electron chi connectivity index (χ3n) is 3.49.